The van der Waals surface area contributed by atoms with Gasteiger partial charge in [0.1, 0.15) is 12.4 Å². The van der Waals surface area contributed by atoms with Crippen LogP contribution >= 0.6 is 0 Å². The molecule has 1 aliphatic rings. The zero-order valence-corrected chi connectivity index (χ0v) is 17.3. The summed E-state index contributed by atoms with van der Waals surface area (Å²) in [5.41, 5.74) is 6.52. The maximum absolute atomic E-state index is 12.2. The van der Waals surface area contributed by atoms with Gasteiger partial charge in [0.25, 0.3) is 0 Å². The normalized spacial score (nSPS) is 14.8. The van der Waals surface area contributed by atoms with Crippen LogP contribution in [0, 0.1) is 0 Å². The molecule has 3 N–H and O–H groups in total. The van der Waals surface area contributed by atoms with E-state index in [-0.39, 0.29) is 6.61 Å². The van der Waals surface area contributed by atoms with Crippen LogP contribution in [0.4, 0.5) is 16.3 Å². The van der Waals surface area contributed by atoms with Gasteiger partial charge in [0.05, 0.1) is 25.3 Å². The molecule has 1 aromatic carbocycles. The van der Waals surface area contributed by atoms with Gasteiger partial charge in [-0.15, -0.1) is 0 Å². The van der Waals surface area contributed by atoms with Crippen molar-refractivity contribution in [1.29, 1.82) is 0 Å². The minimum absolute atomic E-state index is 0.0416. The Morgan fingerprint density at radius 2 is 1.76 bits per heavy atom. The molecule has 0 radical (unpaired) electrons. The number of pyridine rings is 1. The number of carbonyl (C=O) groups excluding carboxylic acids is 1. The van der Waals surface area contributed by atoms with Crippen LogP contribution in [0.3, 0.4) is 0 Å². The molecule has 3 rings (SSSR count). The highest BCUT2D eigenvalue weighted by atomic mass is 16.6. The summed E-state index contributed by atoms with van der Waals surface area (Å²) >= 11 is 0. The van der Waals surface area contributed by atoms with E-state index in [0.29, 0.717) is 48.9 Å². The summed E-state index contributed by atoms with van der Waals surface area (Å²) in [5.74, 6) is 1.93. The van der Waals surface area contributed by atoms with E-state index in [1.54, 1.807) is 39.0 Å². The Labute approximate surface area is 169 Å². The maximum atomic E-state index is 12.2. The molecule has 1 fully saturated rings. The lowest BCUT2D eigenvalue weighted by atomic mass is 10.1. The number of ether oxygens (including phenoxy) is 3. The molecular weight excluding hydrogens is 376 g/mol. The second-order valence-electron chi connectivity index (χ2n) is 7.64. The second-order valence-corrected chi connectivity index (χ2v) is 7.64. The first kappa shape index (κ1) is 20.8. The largest absolute Gasteiger partial charge is 0.493 e. The molecule has 0 bridgehead atoms. The minimum Gasteiger partial charge on any atom is -0.493 e. The van der Waals surface area contributed by atoms with Crippen LogP contribution in [0.25, 0.3) is 10.9 Å². The number of rotatable bonds is 5. The van der Waals surface area contributed by atoms with Gasteiger partial charge in [-0.3, -0.25) is 0 Å². The van der Waals surface area contributed by atoms with E-state index in [0.717, 1.165) is 11.2 Å². The minimum atomic E-state index is -1.05. The van der Waals surface area contributed by atoms with Crippen molar-refractivity contribution in [2.24, 2.45) is 0 Å². The number of aliphatic hydroxyl groups is 1. The van der Waals surface area contributed by atoms with E-state index in [9.17, 15) is 9.90 Å². The number of anilines is 2. The predicted molar refractivity (Wildman–Crippen MR) is 111 cm³/mol. The van der Waals surface area contributed by atoms with Crippen molar-refractivity contribution in [3.63, 3.8) is 0 Å². The van der Waals surface area contributed by atoms with Crippen LogP contribution in [0.5, 0.6) is 11.5 Å². The maximum Gasteiger partial charge on any atom is 0.409 e. The number of benzene rings is 1. The summed E-state index contributed by atoms with van der Waals surface area (Å²) in [5, 5.41) is 10.5. The second kappa shape index (κ2) is 8.20. The van der Waals surface area contributed by atoms with Crippen molar-refractivity contribution >= 4 is 28.5 Å². The molecule has 0 saturated carbocycles. The predicted octanol–water partition coefficient (Wildman–Crippen LogP) is 1.86. The number of hydrogen-bond donors (Lipinski definition) is 2. The molecule has 1 aromatic heterocycles. The van der Waals surface area contributed by atoms with Crippen molar-refractivity contribution < 1.29 is 24.1 Å². The highest BCUT2D eigenvalue weighted by Crippen LogP contribution is 2.35. The smallest absolute Gasteiger partial charge is 0.409 e. The molecular formula is C20H28N4O5. The number of methoxy groups -OCH3 is 2. The topological polar surface area (TPSA) is 110 Å². The zero-order chi connectivity index (χ0) is 21.2. The summed E-state index contributed by atoms with van der Waals surface area (Å²) in [6, 6.07) is 5.45. The van der Waals surface area contributed by atoms with Gasteiger partial charge in [-0.2, -0.15) is 0 Å². The summed E-state index contributed by atoms with van der Waals surface area (Å²) in [6.45, 7) is 5.34. The van der Waals surface area contributed by atoms with Crippen LogP contribution < -0.4 is 20.1 Å². The summed E-state index contributed by atoms with van der Waals surface area (Å²) in [7, 11) is 3.15. The van der Waals surface area contributed by atoms with Crippen molar-refractivity contribution in [3.05, 3.63) is 18.2 Å². The van der Waals surface area contributed by atoms with Gasteiger partial charge in [-0.1, -0.05) is 0 Å². The van der Waals surface area contributed by atoms with E-state index < -0.39 is 11.7 Å². The van der Waals surface area contributed by atoms with E-state index in [1.807, 2.05) is 12.1 Å². The number of carbonyl (C=O) groups is 1. The molecule has 29 heavy (non-hydrogen) atoms. The van der Waals surface area contributed by atoms with Crippen LogP contribution in [-0.4, -0.2) is 73.7 Å². The molecule has 9 heteroatoms. The molecule has 1 amide bonds. The van der Waals surface area contributed by atoms with Crippen LogP contribution in [-0.2, 0) is 4.74 Å². The molecule has 158 valence electrons. The number of nitrogens with two attached hydrogens (primary N) is 1. The fourth-order valence-corrected chi connectivity index (χ4v) is 3.17. The fraction of sp³-hybridized carbons (Fsp3) is 0.500. The fourth-order valence-electron chi connectivity index (χ4n) is 3.17. The number of hydrogen-bond acceptors (Lipinski definition) is 8. The molecule has 9 nitrogen and oxygen atoms in total. The molecule has 0 atom stereocenters. The van der Waals surface area contributed by atoms with Crippen LogP contribution in [0.15, 0.2) is 18.2 Å². The average molecular weight is 404 g/mol. The molecule has 1 saturated heterocycles. The summed E-state index contributed by atoms with van der Waals surface area (Å²) in [4.78, 5) is 20.6. The first-order chi connectivity index (χ1) is 13.7. The Bertz CT molecular complexity index is 889. The first-order valence-electron chi connectivity index (χ1n) is 9.43. The lowest BCUT2D eigenvalue weighted by Gasteiger charge is -2.35. The molecule has 1 aliphatic heterocycles. The molecule has 2 aromatic rings. The Hall–Kier alpha value is -2.94. The Balaban J connectivity index is 1.73. The SMILES string of the molecule is COc1cc2nc(N3CCN(C(=O)OCC(C)(C)O)CC3)cc(N)c2cc1OC. The monoisotopic (exact) mass is 404 g/mol. The van der Waals surface area contributed by atoms with Crippen molar-refractivity contribution in [2.75, 3.05) is 57.6 Å². The van der Waals surface area contributed by atoms with E-state index in [4.69, 9.17) is 24.9 Å². The van der Waals surface area contributed by atoms with Gasteiger partial charge in [0, 0.05) is 49.4 Å². The van der Waals surface area contributed by atoms with Gasteiger partial charge >= 0.3 is 6.09 Å². The van der Waals surface area contributed by atoms with Gasteiger partial charge in [-0.05, 0) is 19.9 Å². The first-order valence-corrected chi connectivity index (χ1v) is 9.43. The van der Waals surface area contributed by atoms with Gasteiger partial charge in [0.2, 0.25) is 0 Å². The third kappa shape index (κ3) is 4.73. The zero-order valence-electron chi connectivity index (χ0n) is 17.3. The van der Waals surface area contributed by atoms with Crippen LogP contribution in [0.1, 0.15) is 13.8 Å². The molecule has 0 aliphatic carbocycles. The van der Waals surface area contributed by atoms with E-state index in [1.165, 1.54) is 0 Å². The lowest BCUT2D eigenvalue weighted by Crippen LogP contribution is -2.49. The number of aromatic nitrogens is 1. The molecule has 0 unspecified atom stereocenters. The van der Waals surface area contributed by atoms with E-state index >= 15 is 0 Å². The van der Waals surface area contributed by atoms with E-state index in [2.05, 4.69) is 4.90 Å². The Morgan fingerprint density at radius 1 is 1.14 bits per heavy atom. The van der Waals surface area contributed by atoms with Crippen molar-refractivity contribution in [1.82, 2.24) is 9.88 Å². The Morgan fingerprint density at radius 3 is 2.34 bits per heavy atom. The molecule has 2 heterocycles. The van der Waals surface area contributed by atoms with Crippen molar-refractivity contribution in [3.8, 4) is 11.5 Å². The number of fused-ring (bicyclic) bond motifs is 1. The van der Waals surface area contributed by atoms with Gasteiger partial charge < -0.3 is 34.9 Å². The highest BCUT2D eigenvalue weighted by Gasteiger charge is 2.25. The van der Waals surface area contributed by atoms with Crippen LogP contribution in [0.2, 0.25) is 0 Å². The lowest BCUT2D eigenvalue weighted by molar-refractivity contribution is -0.00414. The number of amides is 1. The summed E-state index contributed by atoms with van der Waals surface area (Å²) < 4.78 is 15.9. The summed E-state index contributed by atoms with van der Waals surface area (Å²) in [6.07, 6.45) is -0.422. The standard InChI is InChI=1S/C20H28N4O5/c1-20(2,26)12-29-19(25)24-7-5-23(6-8-24)18-10-14(21)13-9-16(27-3)17(28-4)11-15(13)22-18/h9-11,26H,5-8,12H2,1-4H3,(H2,21,22). The van der Waals surface area contributed by atoms with Gasteiger partial charge in [0.15, 0.2) is 11.5 Å². The van der Waals surface area contributed by atoms with Gasteiger partial charge in [-0.25, -0.2) is 9.78 Å². The average Bonchev–Trinajstić information content (AvgIpc) is 2.70. The molecule has 0 spiro atoms. The number of nitrogens with zero attached hydrogens (tertiary/aromatic N) is 3. The Kier molecular flexibility index (Phi) is 5.88. The third-order valence-corrected chi connectivity index (χ3v) is 4.74. The number of piperazine rings is 1. The van der Waals surface area contributed by atoms with Crippen molar-refractivity contribution in [2.45, 2.75) is 19.4 Å². The number of nitrogen functional groups attached to an aromatic ring is 1. The third-order valence-electron chi connectivity index (χ3n) is 4.74. The quantitative estimate of drug-likeness (QED) is 0.777. The highest BCUT2D eigenvalue weighted by molar-refractivity contribution is 5.94.